The molecule has 2 heterocycles. The van der Waals surface area contributed by atoms with E-state index in [9.17, 15) is 5.11 Å². The largest absolute Gasteiger partial charge is 0.396 e. The van der Waals surface area contributed by atoms with Gasteiger partial charge in [0.2, 0.25) is 0 Å². The topological polar surface area (TPSA) is 72.2 Å². The molecule has 0 aliphatic carbocycles. The first-order valence-corrected chi connectivity index (χ1v) is 8.34. The van der Waals surface area contributed by atoms with Crippen molar-refractivity contribution in [2.75, 3.05) is 29.9 Å². The number of aromatic nitrogens is 1. The molecule has 0 atom stereocenters. The number of nitrogens with one attached hydrogen (secondary N) is 1. The van der Waals surface area contributed by atoms with Gasteiger partial charge in [-0.2, -0.15) is 5.26 Å². The number of pyridine rings is 1. The highest BCUT2D eigenvalue weighted by molar-refractivity contribution is 5.65. The second-order valence-electron chi connectivity index (χ2n) is 6.15. The van der Waals surface area contributed by atoms with Gasteiger partial charge in [0.25, 0.3) is 0 Å². The normalized spacial score (nSPS) is 15.1. The Hall–Kier alpha value is -2.58. The van der Waals surface area contributed by atoms with E-state index in [1.54, 1.807) is 0 Å². The summed E-state index contributed by atoms with van der Waals surface area (Å²) >= 11 is 0. The van der Waals surface area contributed by atoms with Gasteiger partial charge in [0.15, 0.2) is 5.82 Å². The summed E-state index contributed by atoms with van der Waals surface area (Å²) in [5, 5.41) is 21.6. The van der Waals surface area contributed by atoms with Crippen molar-refractivity contribution in [3.63, 3.8) is 0 Å². The van der Waals surface area contributed by atoms with Crippen LogP contribution in [0.4, 0.5) is 11.5 Å². The van der Waals surface area contributed by atoms with Crippen LogP contribution >= 0.6 is 0 Å². The van der Waals surface area contributed by atoms with Gasteiger partial charge in [0, 0.05) is 32.4 Å². The first-order valence-electron chi connectivity index (χ1n) is 8.34. The molecule has 3 rings (SSSR count). The average molecular weight is 322 g/mol. The number of nitriles is 1. The number of hydrogen-bond donors (Lipinski definition) is 2. The Labute approximate surface area is 142 Å². The summed E-state index contributed by atoms with van der Waals surface area (Å²) in [6, 6.07) is 13.7. The molecule has 24 heavy (non-hydrogen) atoms. The molecule has 1 aliphatic heterocycles. The zero-order chi connectivity index (χ0) is 16.8. The highest BCUT2D eigenvalue weighted by Gasteiger charge is 2.21. The van der Waals surface area contributed by atoms with Gasteiger partial charge in [-0.3, -0.25) is 0 Å². The minimum Gasteiger partial charge on any atom is -0.396 e. The van der Waals surface area contributed by atoms with Crippen molar-refractivity contribution in [3.8, 4) is 6.07 Å². The number of rotatable bonds is 5. The average Bonchev–Trinajstić information content (AvgIpc) is 2.67. The van der Waals surface area contributed by atoms with E-state index in [1.807, 2.05) is 42.6 Å². The summed E-state index contributed by atoms with van der Waals surface area (Å²) in [6.45, 7) is 2.82. The van der Waals surface area contributed by atoms with Crippen LogP contribution in [0.1, 0.15) is 24.0 Å². The number of nitrogens with zero attached hydrogens (tertiary/aromatic N) is 3. The van der Waals surface area contributed by atoms with Crippen molar-refractivity contribution in [2.24, 2.45) is 5.92 Å². The quantitative estimate of drug-likeness (QED) is 0.885. The molecule has 5 heteroatoms. The van der Waals surface area contributed by atoms with Crippen molar-refractivity contribution in [3.05, 3.63) is 53.7 Å². The Kier molecular flexibility index (Phi) is 5.29. The molecule has 1 saturated heterocycles. The van der Waals surface area contributed by atoms with Gasteiger partial charge < -0.3 is 15.3 Å². The molecule has 0 radical (unpaired) electrons. The number of benzene rings is 1. The van der Waals surface area contributed by atoms with E-state index in [-0.39, 0.29) is 6.61 Å². The van der Waals surface area contributed by atoms with Crippen LogP contribution in [0.25, 0.3) is 0 Å². The fourth-order valence-corrected chi connectivity index (χ4v) is 3.01. The third-order valence-corrected chi connectivity index (χ3v) is 4.52. The van der Waals surface area contributed by atoms with Gasteiger partial charge in [-0.15, -0.1) is 0 Å². The highest BCUT2D eigenvalue weighted by atomic mass is 16.3. The summed E-state index contributed by atoms with van der Waals surface area (Å²) in [5.74, 6) is 1.39. The van der Waals surface area contributed by atoms with Crippen molar-refractivity contribution in [1.82, 2.24) is 4.98 Å². The maximum atomic E-state index is 9.28. The molecule has 0 spiro atoms. The Morgan fingerprint density at radius 1 is 1.21 bits per heavy atom. The van der Waals surface area contributed by atoms with Crippen LogP contribution in [-0.2, 0) is 6.54 Å². The molecule has 0 saturated carbocycles. The number of hydrogen-bond acceptors (Lipinski definition) is 5. The maximum absolute atomic E-state index is 9.28. The Bertz CT molecular complexity index is 700. The predicted octanol–water partition coefficient (Wildman–Crippen LogP) is 2.77. The lowest BCUT2D eigenvalue weighted by molar-refractivity contribution is 0.203. The molecule has 1 fully saturated rings. The van der Waals surface area contributed by atoms with Crippen molar-refractivity contribution < 1.29 is 5.11 Å². The van der Waals surface area contributed by atoms with Crippen LogP contribution in [0.5, 0.6) is 0 Å². The fraction of sp³-hybridized carbons (Fsp3) is 0.368. The lowest BCUT2D eigenvalue weighted by atomic mass is 9.98. The lowest BCUT2D eigenvalue weighted by Gasteiger charge is -2.33. The molecule has 2 aromatic rings. The zero-order valence-electron chi connectivity index (χ0n) is 13.7. The smallest absolute Gasteiger partial charge is 0.151 e. The molecule has 0 bridgehead atoms. The van der Waals surface area contributed by atoms with E-state index in [2.05, 4.69) is 21.3 Å². The lowest BCUT2D eigenvalue weighted by Crippen LogP contribution is -2.35. The van der Waals surface area contributed by atoms with E-state index < -0.39 is 0 Å². The Morgan fingerprint density at radius 2 is 1.96 bits per heavy atom. The van der Waals surface area contributed by atoms with Crippen LogP contribution in [0.15, 0.2) is 42.6 Å². The van der Waals surface area contributed by atoms with Gasteiger partial charge in [0.05, 0.1) is 17.3 Å². The van der Waals surface area contributed by atoms with Crippen LogP contribution in [-0.4, -0.2) is 29.8 Å². The van der Waals surface area contributed by atoms with Crippen molar-refractivity contribution in [2.45, 2.75) is 19.4 Å². The minimum atomic E-state index is 0.278. The zero-order valence-corrected chi connectivity index (χ0v) is 13.7. The molecular formula is C19H22N4O. The first kappa shape index (κ1) is 16.3. The summed E-state index contributed by atoms with van der Waals surface area (Å²) in [4.78, 5) is 6.84. The molecule has 0 unspecified atom stereocenters. The number of piperidine rings is 1. The third-order valence-electron chi connectivity index (χ3n) is 4.52. The molecule has 5 nitrogen and oxygen atoms in total. The molecule has 1 aromatic heterocycles. The van der Waals surface area contributed by atoms with Gasteiger partial charge in [-0.05, 0) is 48.6 Å². The fourth-order valence-electron chi connectivity index (χ4n) is 3.01. The summed E-state index contributed by atoms with van der Waals surface area (Å²) in [5.41, 5.74) is 2.82. The van der Waals surface area contributed by atoms with Crippen LogP contribution < -0.4 is 10.2 Å². The van der Waals surface area contributed by atoms with Gasteiger partial charge >= 0.3 is 0 Å². The maximum Gasteiger partial charge on any atom is 0.151 e. The second kappa shape index (κ2) is 7.80. The first-order chi connectivity index (χ1) is 11.8. The summed E-state index contributed by atoms with van der Waals surface area (Å²) < 4.78 is 0. The molecule has 1 aromatic carbocycles. The number of anilines is 2. The highest BCUT2D eigenvalue weighted by Crippen LogP contribution is 2.27. The van der Waals surface area contributed by atoms with Crippen LogP contribution in [0.2, 0.25) is 0 Å². The van der Waals surface area contributed by atoms with E-state index in [0.717, 1.165) is 43.0 Å². The van der Waals surface area contributed by atoms with Crippen molar-refractivity contribution >= 4 is 11.5 Å². The SMILES string of the molecule is N#Cc1ccc(CNc2cccnc2N2CCC(CO)CC2)cc1. The Morgan fingerprint density at radius 3 is 2.62 bits per heavy atom. The third kappa shape index (κ3) is 3.84. The molecule has 0 amide bonds. The second-order valence-corrected chi connectivity index (χ2v) is 6.15. The van der Waals surface area contributed by atoms with E-state index >= 15 is 0 Å². The number of aliphatic hydroxyl groups is 1. The summed E-state index contributed by atoms with van der Waals surface area (Å²) in [7, 11) is 0. The number of aliphatic hydroxyl groups excluding tert-OH is 1. The molecule has 2 N–H and O–H groups in total. The van der Waals surface area contributed by atoms with Gasteiger partial charge in [-0.1, -0.05) is 12.1 Å². The van der Waals surface area contributed by atoms with Gasteiger partial charge in [-0.25, -0.2) is 4.98 Å². The van der Waals surface area contributed by atoms with E-state index in [1.165, 1.54) is 0 Å². The predicted molar refractivity (Wildman–Crippen MR) is 94.7 cm³/mol. The summed E-state index contributed by atoms with van der Waals surface area (Å²) in [6.07, 6.45) is 3.82. The monoisotopic (exact) mass is 322 g/mol. The minimum absolute atomic E-state index is 0.278. The van der Waals surface area contributed by atoms with Crippen molar-refractivity contribution in [1.29, 1.82) is 5.26 Å². The standard InChI is InChI=1S/C19H22N4O/c20-12-15-3-5-16(6-4-15)13-22-18-2-1-9-21-19(18)23-10-7-17(14-24)8-11-23/h1-6,9,17,22,24H,7-8,10-11,13-14H2. The molecular weight excluding hydrogens is 300 g/mol. The molecule has 1 aliphatic rings. The van der Waals surface area contributed by atoms with Gasteiger partial charge in [0.1, 0.15) is 0 Å². The molecule has 124 valence electrons. The van der Waals surface area contributed by atoms with E-state index in [4.69, 9.17) is 5.26 Å². The Balaban J connectivity index is 1.67. The van der Waals surface area contributed by atoms with Crippen LogP contribution in [0, 0.1) is 17.2 Å². The van der Waals surface area contributed by atoms with Crippen LogP contribution in [0.3, 0.4) is 0 Å². The van der Waals surface area contributed by atoms with E-state index in [0.29, 0.717) is 18.0 Å².